The van der Waals surface area contributed by atoms with E-state index < -0.39 is 10.0 Å². The summed E-state index contributed by atoms with van der Waals surface area (Å²) in [7, 11) is -3.69. The van der Waals surface area contributed by atoms with E-state index in [0.717, 1.165) is 0 Å². The van der Waals surface area contributed by atoms with Crippen molar-refractivity contribution in [2.75, 3.05) is 50.1 Å². The average Bonchev–Trinajstić information content (AvgIpc) is 2.80. The summed E-state index contributed by atoms with van der Waals surface area (Å²) >= 11 is 0. The quantitative estimate of drug-likeness (QED) is 0.542. The first-order valence-corrected chi connectivity index (χ1v) is 12.4. The van der Waals surface area contributed by atoms with Crippen LogP contribution in [0.5, 0.6) is 11.5 Å². The van der Waals surface area contributed by atoms with Crippen molar-refractivity contribution in [1.29, 1.82) is 0 Å². The molecular formula is C23H31N3O6S. The Morgan fingerprint density at radius 2 is 1.82 bits per heavy atom. The molecule has 2 aromatic rings. The number of nitrogens with zero attached hydrogens (tertiary/aromatic N) is 1. The molecule has 0 aromatic heterocycles. The van der Waals surface area contributed by atoms with E-state index >= 15 is 0 Å². The molecule has 10 heteroatoms. The zero-order valence-electron chi connectivity index (χ0n) is 19.2. The van der Waals surface area contributed by atoms with Gasteiger partial charge in [-0.05, 0) is 51.1 Å². The van der Waals surface area contributed by atoms with E-state index in [9.17, 15) is 13.2 Å². The van der Waals surface area contributed by atoms with Crippen LogP contribution >= 0.6 is 0 Å². The molecule has 1 saturated heterocycles. The summed E-state index contributed by atoms with van der Waals surface area (Å²) in [5, 5.41) is 5.83. The summed E-state index contributed by atoms with van der Waals surface area (Å²) in [4.78, 5) is 12.7. The Kier molecular flexibility index (Phi) is 8.54. The lowest BCUT2D eigenvalue weighted by atomic mass is 10.2. The molecule has 0 unspecified atom stereocenters. The van der Waals surface area contributed by atoms with E-state index in [0.29, 0.717) is 55.8 Å². The number of sulfonamides is 1. The molecule has 1 heterocycles. The molecule has 0 spiro atoms. The molecule has 1 aliphatic rings. The number of benzene rings is 2. The van der Waals surface area contributed by atoms with Crippen LogP contribution in [-0.4, -0.2) is 64.2 Å². The molecule has 0 atom stereocenters. The van der Waals surface area contributed by atoms with Gasteiger partial charge in [-0.25, -0.2) is 8.42 Å². The molecule has 1 aliphatic heterocycles. The van der Waals surface area contributed by atoms with Crippen LogP contribution in [0, 0.1) is 0 Å². The maximum atomic E-state index is 13.1. The molecule has 180 valence electrons. The molecular weight excluding hydrogens is 446 g/mol. The zero-order chi connectivity index (χ0) is 23.8. The highest BCUT2D eigenvalue weighted by molar-refractivity contribution is 7.89. The van der Waals surface area contributed by atoms with Gasteiger partial charge < -0.3 is 24.8 Å². The second kappa shape index (κ2) is 11.4. The normalized spacial score (nSPS) is 14.7. The van der Waals surface area contributed by atoms with Crippen LogP contribution in [0.15, 0.2) is 47.4 Å². The molecule has 0 aliphatic carbocycles. The minimum Gasteiger partial charge on any atom is -0.492 e. The predicted octanol–water partition coefficient (Wildman–Crippen LogP) is 2.94. The number of hydrogen-bond acceptors (Lipinski definition) is 7. The van der Waals surface area contributed by atoms with Crippen LogP contribution in [0.25, 0.3) is 0 Å². The van der Waals surface area contributed by atoms with Gasteiger partial charge in [-0.3, -0.25) is 4.79 Å². The summed E-state index contributed by atoms with van der Waals surface area (Å²) < 4.78 is 44.1. The number of nitrogens with one attached hydrogen (secondary N) is 2. The summed E-state index contributed by atoms with van der Waals surface area (Å²) in [6.45, 7) is 7.34. The Hall–Kier alpha value is -2.82. The maximum absolute atomic E-state index is 13.1. The van der Waals surface area contributed by atoms with Gasteiger partial charge >= 0.3 is 0 Å². The van der Waals surface area contributed by atoms with Crippen molar-refractivity contribution in [2.24, 2.45) is 0 Å². The third-order valence-corrected chi connectivity index (χ3v) is 6.72. The van der Waals surface area contributed by atoms with Gasteiger partial charge in [-0.1, -0.05) is 12.1 Å². The number of rotatable bonds is 10. The van der Waals surface area contributed by atoms with Gasteiger partial charge in [0, 0.05) is 13.1 Å². The number of ether oxygens (including phenoxy) is 3. The van der Waals surface area contributed by atoms with Gasteiger partial charge in [-0.2, -0.15) is 4.31 Å². The molecule has 9 nitrogen and oxygen atoms in total. The van der Waals surface area contributed by atoms with Crippen LogP contribution in [0.3, 0.4) is 0 Å². The van der Waals surface area contributed by atoms with E-state index in [1.165, 1.54) is 16.4 Å². The van der Waals surface area contributed by atoms with E-state index in [1.54, 1.807) is 24.3 Å². The fourth-order valence-electron chi connectivity index (χ4n) is 3.32. The molecule has 0 bridgehead atoms. The number of carbonyl (C=O) groups is 1. The van der Waals surface area contributed by atoms with Crippen molar-refractivity contribution in [3.8, 4) is 11.5 Å². The van der Waals surface area contributed by atoms with Crippen molar-refractivity contribution in [1.82, 2.24) is 4.31 Å². The van der Waals surface area contributed by atoms with Crippen molar-refractivity contribution in [3.05, 3.63) is 42.5 Å². The number of para-hydroxylation sites is 2. The molecule has 2 aromatic carbocycles. The summed E-state index contributed by atoms with van der Waals surface area (Å²) in [5.74, 6) is 0.739. The van der Waals surface area contributed by atoms with Gasteiger partial charge in [0.05, 0.1) is 48.7 Å². The van der Waals surface area contributed by atoms with E-state index in [-0.39, 0.29) is 23.5 Å². The molecule has 0 radical (unpaired) electrons. The second-order valence-corrected chi connectivity index (χ2v) is 9.61. The molecule has 0 saturated carbocycles. The van der Waals surface area contributed by atoms with Crippen molar-refractivity contribution < 1.29 is 27.4 Å². The lowest BCUT2D eigenvalue weighted by Crippen LogP contribution is -2.40. The van der Waals surface area contributed by atoms with E-state index in [2.05, 4.69) is 10.6 Å². The predicted molar refractivity (Wildman–Crippen MR) is 127 cm³/mol. The SMILES string of the molecule is CCOc1ccccc1NC(=O)CNc1cc(S(=O)(=O)N2CCOCC2)ccc1OC(C)C. The molecule has 1 fully saturated rings. The Morgan fingerprint density at radius 3 is 2.52 bits per heavy atom. The minimum atomic E-state index is -3.69. The summed E-state index contributed by atoms with van der Waals surface area (Å²) in [6.07, 6.45) is -0.126. The standard InChI is InChI=1S/C23H31N3O6S/c1-4-31-21-8-6-5-7-19(21)25-23(27)16-24-20-15-18(9-10-22(20)32-17(2)3)33(28,29)26-11-13-30-14-12-26/h5-10,15,17,24H,4,11-14,16H2,1-3H3,(H,25,27). The van der Waals surface area contributed by atoms with Crippen LogP contribution in [0.4, 0.5) is 11.4 Å². The fourth-order valence-corrected chi connectivity index (χ4v) is 4.76. The first-order valence-electron chi connectivity index (χ1n) is 11.0. The Labute approximate surface area is 195 Å². The monoisotopic (exact) mass is 477 g/mol. The van der Waals surface area contributed by atoms with Crippen LogP contribution in [0.1, 0.15) is 20.8 Å². The number of amides is 1. The van der Waals surface area contributed by atoms with Crippen molar-refractivity contribution in [3.63, 3.8) is 0 Å². The third-order valence-electron chi connectivity index (χ3n) is 4.82. The minimum absolute atomic E-state index is 0.0873. The van der Waals surface area contributed by atoms with Crippen LogP contribution in [-0.2, 0) is 19.6 Å². The lowest BCUT2D eigenvalue weighted by molar-refractivity contribution is -0.114. The smallest absolute Gasteiger partial charge is 0.243 e. The Bertz CT molecular complexity index is 1050. The highest BCUT2D eigenvalue weighted by atomic mass is 32.2. The Balaban J connectivity index is 1.77. The maximum Gasteiger partial charge on any atom is 0.243 e. The average molecular weight is 478 g/mol. The van der Waals surface area contributed by atoms with Crippen molar-refractivity contribution >= 4 is 27.3 Å². The number of hydrogen-bond donors (Lipinski definition) is 2. The van der Waals surface area contributed by atoms with E-state index in [1.807, 2.05) is 26.8 Å². The second-order valence-electron chi connectivity index (χ2n) is 7.67. The van der Waals surface area contributed by atoms with Gasteiger partial charge in [0.25, 0.3) is 0 Å². The zero-order valence-corrected chi connectivity index (χ0v) is 20.0. The van der Waals surface area contributed by atoms with Crippen LogP contribution in [0.2, 0.25) is 0 Å². The van der Waals surface area contributed by atoms with Gasteiger partial charge in [-0.15, -0.1) is 0 Å². The number of anilines is 2. The number of morpholine rings is 1. The van der Waals surface area contributed by atoms with Crippen LogP contribution < -0.4 is 20.1 Å². The third kappa shape index (κ3) is 6.59. The fraction of sp³-hybridized carbons (Fsp3) is 0.435. The summed E-state index contributed by atoms with van der Waals surface area (Å²) in [5.41, 5.74) is 0.986. The van der Waals surface area contributed by atoms with Crippen molar-refractivity contribution in [2.45, 2.75) is 31.8 Å². The van der Waals surface area contributed by atoms with Gasteiger partial charge in [0.2, 0.25) is 15.9 Å². The summed E-state index contributed by atoms with van der Waals surface area (Å²) in [6, 6.07) is 11.8. The van der Waals surface area contributed by atoms with Gasteiger partial charge in [0.1, 0.15) is 11.5 Å². The largest absolute Gasteiger partial charge is 0.492 e. The molecule has 3 rings (SSSR count). The number of carbonyl (C=O) groups excluding carboxylic acids is 1. The van der Waals surface area contributed by atoms with Gasteiger partial charge in [0.15, 0.2) is 0 Å². The van der Waals surface area contributed by atoms with E-state index in [4.69, 9.17) is 14.2 Å². The topological polar surface area (TPSA) is 106 Å². The lowest BCUT2D eigenvalue weighted by Gasteiger charge is -2.26. The highest BCUT2D eigenvalue weighted by Gasteiger charge is 2.27. The Morgan fingerprint density at radius 1 is 1.09 bits per heavy atom. The molecule has 2 N–H and O–H groups in total. The molecule has 1 amide bonds. The highest BCUT2D eigenvalue weighted by Crippen LogP contribution is 2.30. The molecule has 33 heavy (non-hydrogen) atoms. The first-order chi connectivity index (χ1) is 15.8. The first kappa shape index (κ1) is 24.8.